The number of aromatic carboxylic acids is 1. The quantitative estimate of drug-likeness (QED) is 0.830. The van der Waals surface area contributed by atoms with Crippen LogP contribution in [0.3, 0.4) is 0 Å². The van der Waals surface area contributed by atoms with E-state index < -0.39 is 16.0 Å². The molecule has 0 bridgehead atoms. The van der Waals surface area contributed by atoms with Gasteiger partial charge in [0.25, 0.3) is 0 Å². The molecule has 0 aromatic carbocycles. The van der Waals surface area contributed by atoms with Crippen LogP contribution in [0.4, 0.5) is 0 Å². The zero-order chi connectivity index (χ0) is 14.9. The molecule has 20 heavy (non-hydrogen) atoms. The molecule has 2 heterocycles. The van der Waals surface area contributed by atoms with Crippen molar-refractivity contribution >= 4 is 16.0 Å². The van der Waals surface area contributed by atoms with E-state index in [0.29, 0.717) is 5.76 Å². The average Bonchev–Trinajstić information content (AvgIpc) is 2.93. The van der Waals surface area contributed by atoms with Gasteiger partial charge in [-0.3, -0.25) is 0 Å². The Morgan fingerprint density at radius 3 is 2.75 bits per heavy atom. The summed E-state index contributed by atoms with van der Waals surface area (Å²) >= 11 is 0. The van der Waals surface area contributed by atoms with Gasteiger partial charge in [0.1, 0.15) is 16.3 Å². The van der Waals surface area contributed by atoms with Gasteiger partial charge in [0.2, 0.25) is 15.9 Å². The van der Waals surface area contributed by atoms with Crippen molar-refractivity contribution in [2.24, 2.45) is 7.05 Å². The minimum Gasteiger partial charge on any atom is -0.477 e. The van der Waals surface area contributed by atoms with Gasteiger partial charge in [-0.25, -0.2) is 22.9 Å². The number of oxazole rings is 1. The fraction of sp³-hybridized carbons (Fsp3) is 0.273. The Kier molecular flexibility index (Phi) is 3.64. The van der Waals surface area contributed by atoms with Crippen LogP contribution in [0.5, 0.6) is 0 Å². The van der Waals surface area contributed by atoms with Crippen molar-refractivity contribution in [1.82, 2.24) is 14.3 Å². The number of aromatic nitrogens is 2. The molecule has 0 saturated carbocycles. The molecule has 0 spiro atoms. The van der Waals surface area contributed by atoms with Gasteiger partial charge in [0, 0.05) is 13.2 Å². The number of carboxylic acids is 1. The van der Waals surface area contributed by atoms with E-state index in [0.717, 1.165) is 6.07 Å². The first-order valence-electron chi connectivity index (χ1n) is 5.60. The van der Waals surface area contributed by atoms with Gasteiger partial charge in [-0.1, -0.05) is 0 Å². The molecule has 0 aliphatic heterocycles. The molecule has 0 saturated heterocycles. The van der Waals surface area contributed by atoms with E-state index in [9.17, 15) is 13.2 Å². The second kappa shape index (κ2) is 5.10. The number of hydrogen-bond donors (Lipinski definition) is 2. The number of nitrogens with one attached hydrogen (secondary N) is 1. The number of aryl methyl sites for hydroxylation is 2. The lowest BCUT2D eigenvalue weighted by Gasteiger charge is -2.01. The van der Waals surface area contributed by atoms with E-state index in [1.54, 1.807) is 6.92 Å². The third-order valence-electron chi connectivity index (χ3n) is 2.59. The summed E-state index contributed by atoms with van der Waals surface area (Å²) in [4.78, 5) is 14.6. The smallest absolute Gasteiger partial charge is 0.352 e. The maximum Gasteiger partial charge on any atom is 0.352 e. The third-order valence-corrected chi connectivity index (χ3v) is 3.96. The highest BCUT2D eigenvalue weighted by Crippen LogP contribution is 2.14. The molecular formula is C11H13N3O5S. The molecular weight excluding hydrogens is 286 g/mol. The van der Waals surface area contributed by atoms with E-state index in [1.165, 1.54) is 24.0 Å². The van der Waals surface area contributed by atoms with Crippen molar-refractivity contribution in [2.75, 3.05) is 0 Å². The lowest BCUT2D eigenvalue weighted by atomic mass is 10.4. The van der Waals surface area contributed by atoms with Gasteiger partial charge in [0.15, 0.2) is 0 Å². The van der Waals surface area contributed by atoms with Crippen LogP contribution in [0, 0.1) is 6.92 Å². The van der Waals surface area contributed by atoms with Gasteiger partial charge in [-0.15, -0.1) is 0 Å². The Labute approximate surface area is 115 Å². The van der Waals surface area contributed by atoms with Crippen molar-refractivity contribution in [3.63, 3.8) is 0 Å². The van der Waals surface area contributed by atoms with Crippen LogP contribution in [-0.4, -0.2) is 29.0 Å². The summed E-state index contributed by atoms with van der Waals surface area (Å²) in [5.74, 6) is -0.384. The van der Waals surface area contributed by atoms with Crippen molar-refractivity contribution in [3.8, 4) is 0 Å². The first kappa shape index (κ1) is 14.3. The van der Waals surface area contributed by atoms with Gasteiger partial charge >= 0.3 is 5.97 Å². The van der Waals surface area contributed by atoms with Crippen molar-refractivity contribution in [2.45, 2.75) is 18.4 Å². The number of sulfonamides is 1. The second-order valence-corrected chi connectivity index (χ2v) is 5.93. The zero-order valence-corrected chi connectivity index (χ0v) is 11.6. The lowest BCUT2D eigenvalue weighted by molar-refractivity contribution is 0.0686. The van der Waals surface area contributed by atoms with Crippen LogP contribution in [-0.2, 0) is 23.6 Å². The van der Waals surface area contributed by atoms with Crippen LogP contribution < -0.4 is 4.72 Å². The number of carboxylic acid groups (broad SMARTS) is 1. The van der Waals surface area contributed by atoms with Gasteiger partial charge in [-0.2, -0.15) is 0 Å². The summed E-state index contributed by atoms with van der Waals surface area (Å²) in [6.07, 6.45) is 2.71. The van der Waals surface area contributed by atoms with Crippen LogP contribution in [0.15, 0.2) is 27.8 Å². The topological polar surface area (TPSA) is 114 Å². The molecule has 8 nitrogen and oxygen atoms in total. The Morgan fingerprint density at radius 1 is 1.55 bits per heavy atom. The fourth-order valence-corrected chi connectivity index (χ4v) is 2.66. The molecule has 9 heteroatoms. The SMILES string of the molecule is Cc1cnc(CNS(=O)(=O)c2cc(C(=O)O)n(C)c2)o1. The Hall–Kier alpha value is -2.13. The lowest BCUT2D eigenvalue weighted by Crippen LogP contribution is -2.23. The molecule has 0 atom stereocenters. The summed E-state index contributed by atoms with van der Waals surface area (Å²) in [6.45, 7) is 1.59. The van der Waals surface area contributed by atoms with E-state index in [4.69, 9.17) is 9.52 Å². The Bertz CT molecular complexity index is 744. The number of carbonyl (C=O) groups is 1. The van der Waals surface area contributed by atoms with E-state index in [-0.39, 0.29) is 23.0 Å². The maximum absolute atomic E-state index is 12.0. The van der Waals surface area contributed by atoms with Crippen molar-refractivity contribution in [1.29, 1.82) is 0 Å². The summed E-state index contributed by atoms with van der Waals surface area (Å²) in [5.41, 5.74) is -0.114. The third kappa shape index (κ3) is 2.89. The minimum atomic E-state index is -3.82. The highest BCUT2D eigenvalue weighted by molar-refractivity contribution is 7.89. The predicted molar refractivity (Wildman–Crippen MR) is 67.6 cm³/mol. The summed E-state index contributed by atoms with van der Waals surface area (Å²) in [5, 5.41) is 8.89. The normalized spacial score (nSPS) is 11.7. The van der Waals surface area contributed by atoms with E-state index >= 15 is 0 Å². The van der Waals surface area contributed by atoms with Crippen LogP contribution in [0.2, 0.25) is 0 Å². The largest absolute Gasteiger partial charge is 0.477 e. The van der Waals surface area contributed by atoms with Crippen LogP contribution in [0.25, 0.3) is 0 Å². The molecule has 0 fully saturated rings. The van der Waals surface area contributed by atoms with Crippen molar-refractivity contribution in [3.05, 3.63) is 35.8 Å². The molecule has 2 aromatic heterocycles. The molecule has 108 valence electrons. The van der Waals surface area contributed by atoms with Crippen LogP contribution >= 0.6 is 0 Å². The number of rotatable bonds is 5. The second-order valence-electron chi connectivity index (χ2n) is 4.17. The number of nitrogens with zero attached hydrogens (tertiary/aromatic N) is 2. The van der Waals surface area contributed by atoms with Crippen molar-refractivity contribution < 1.29 is 22.7 Å². The molecule has 2 rings (SSSR count). The van der Waals surface area contributed by atoms with Gasteiger partial charge in [0.05, 0.1) is 12.7 Å². The molecule has 0 radical (unpaired) electrons. The van der Waals surface area contributed by atoms with Gasteiger partial charge in [-0.05, 0) is 13.0 Å². The molecule has 0 amide bonds. The van der Waals surface area contributed by atoms with E-state index in [1.807, 2.05) is 0 Å². The fourth-order valence-electron chi connectivity index (χ4n) is 1.62. The van der Waals surface area contributed by atoms with Crippen LogP contribution in [0.1, 0.15) is 22.1 Å². The van der Waals surface area contributed by atoms with E-state index in [2.05, 4.69) is 9.71 Å². The standard InChI is InChI=1S/C11H13N3O5S/c1-7-4-12-10(19-7)5-13-20(17,18)8-3-9(11(15)16)14(2)6-8/h3-4,6,13H,5H2,1-2H3,(H,15,16). The average molecular weight is 299 g/mol. The Morgan fingerprint density at radius 2 is 2.25 bits per heavy atom. The number of hydrogen-bond acceptors (Lipinski definition) is 5. The highest BCUT2D eigenvalue weighted by atomic mass is 32.2. The molecule has 2 aromatic rings. The first-order chi connectivity index (χ1) is 9.29. The molecule has 2 N–H and O–H groups in total. The minimum absolute atomic E-state index is 0.104. The summed E-state index contributed by atoms with van der Waals surface area (Å²) in [6, 6.07) is 1.09. The van der Waals surface area contributed by atoms with Gasteiger partial charge < -0.3 is 14.1 Å². The predicted octanol–water partition coefficient (Wildman–Crippen LogP) is 0.498. The summed E-state index contributed by atoms with van der Waals surface area (Å²) in [7, 11) is -2.36. The maximum atomic E-state index is 12.0. The zero-order valence-electron chi connectivity index (χ0n) is 10.8. The molecule has 0 unspecified atom stereocenters. The first-order valence-corrected chi connectivity index (χ1v) is 7.08. The molecule has 0 aliphatic carbocycles. The summed E-state index contributed by atoms with van der Waals surface area (Å²) < 4.78 is 32.7. The monoisotopic (exact) mass is 299 g/mol. The Balaban J connectivity index is 2.18. The highest BCUT2D eigenvalue weighted by Gasteiger charge is 2.20. The molecule has 0 aliphatic rings.